The van der Waals surface area contributed by atoms with Crippen molar-refractivity contribution in [3.63, 3.8) is 0 Å². The molecule has 0 aliphatic carbocycles. The summed E-state index contributed by atoms with van der Waals surface area (Å²) in [5.41, 5.74) is 0. The second kappa shape index (κ2) is 69.8. The van der Waals surface area contributed by atoms with E-state index in [4.69, 9.17) is 33.2 Å². The van der Waals surface area contributed by atoms with Crippen LogP contribution in [0.3, 0.4) is 0 Å². The van der Waals surface area contributed by atoms with Gasteiger partial charge >= 0.3 is 0 Å². The van der Waals surface area contributed by atoms with Gasteiger partial charge in [0.15, 0.2) is 0 Å². The number of hydrogen-bond donors (Lipinski definition) is 4. The minimum absolute atomic E-state index is 0.0631. The highest BCUT2D eigenvalue weighted by atomic mass is 16.6. The smallest absolute Gasteiger partial charge is 0.0900 e. The minimum atomic E-state index is -0.681. The van der Waals surface area contributed by atoms with Crippen molar-refractivity contribution >= 4 is 0 Å². The zero-order chi connectivity index (χ0) is 63.6. The van der Waals surface area contributed by atoms with E-state index in [0.717, 1.165) is 44.9 Å². The predicted octanol–water partition coefficient (Wildman–Crippen LogP) is 17.2. The van der Waals surface area contributed by atoms with Gasteiger partial charge in [-0.05, 0) is 46.5 Å². The molecule has 0 rings (SSSR count). The largest absolute Gasteiger partial charge is 0.389 e. The van der Waals surface area contributed by atoms with E-state index in [2.05, 4.69) is 51.3 Å². The van der Waals surface area contributed by atoms with Crippen LogP contribution in [0.25, 0.3) is 0 Å². The van der Waals surface area contributed by atoms with Crippen molar-refractivity contribution < 1.29 is 53.6 Å². The third kappa shape index (κ3) is 64.0. The van der Waals surface area contributed by atoms with Crippen LogP contribution in [-0.4, -0.2) is 185 Å². The van der Waals surface area contributed by atoms with Crippen molar-refractivity contribution in [1.82, 2.24) is 9.80 Å². The lowest BCUT2D eigenvalue weighted by Gasteiger charge is -2.32. The van der Waals surface area contributed by atoms with Crippen LogP contribution in [0.1, 0.15) is 325 Å². The molecular weight excluding hydrogens is 1090 g/mol. The lowest BCUT2D eigenvalue weighted by atomic mass is 10.0. The third-order valence-electron chi connectivity index (χ3n) is 17.2. The summed E-state index contributed by atoms with van der Waals surface area (Å²) in [5.74, 6) is 0. The molecule has 0 saturated heterocycles. The minimum Gasteiger partial charge on any atom is -0.389 e. The number of nitrogens with zero attached hydrogens (tertiary/aromatic N) is 2. The van der Waals surface area contributed by atoms with Gasteiger partial charge in [0.05, 0.1) is 90.0 Å². The molecule has 0 fully saturated rings. The predicted molar refractivity (Wildman–Crippen MR) is 368 cm³/mol. The highest BCUT2D eigenvalue weighted by molar-refractivity contribution is 4.76. The van der Waals surface area contributed by atoms with Crippen LogP contribution in [0.15, 0.2) is 0 Å². The molecule has 0 heterocycles. The molecule has 0 aromatic heterocycles. The summed E-state index contributed by atoms with van der Waals surface area (Å²) in [6.45, 7) is 22.2. The molecule has 0 radical (unpaired) electrons. The first-order valence-electron chi connectivity index (χ1n) is 37.9. The second-order valence-electron chi connectivity index (χ2n) is 26.6. The number of aliphatic hydroxyl groups is 4. The van der Waals surface area contributed by atoms with Crippen LogP contribution in [0, 0.1) is 0 Å². The molecule has 13 heteroatoms. The maximum Gasteiger partial charge on any atom is 0.0900 e. The number of hydrogen-bond acceptors (Lipinski definition) is 13. The summed E-state index contributed by atoms with van der Waals surface area (Å²) in [6.07, 6.45) is 53.5. The van der Waals surface area contributed by atoms with E-state index in [9.17, 15) is 20.4 Å². The van der Waals surface area contributed by atoms with Gasteiger partial charge in [0.25, 0.3) is 0 Å². The van der Waals surface area contributed by atoms with Crippen LogP contribution >= 0.6 is 0 Å². The van der Waals surface area contributed by atoms with Crippen molar-refractivity contribution in [1.29, 1.82) is 0 Å². The Balaban J connectivity index is 4.84. The summed E-state index contributed by atoms with van der Waals surface area (Å²) in [4.78, 5) is 4.18. The molecule has 0 bridgehead atoms. The summed E-state index contributed by atoms with van der Waals surface area (Å²) in [6, 6.07) is -0.129. The topological polar surface area (TPSA) is 152 Å². The molecule has 0 spiro atoms. The summed E-state index contributed by atoms with van der Waals surface area (Å²) in [5, 5.41) is 44.2. The SMILES string of the molecule is CCCCCCCCCCCCCCCCOCC(O)CN(CC(O)COCCCCCCCCCCCCCCCC)C(C)COCCOC(C)COCC(C)N(CC(O)COCCC)CC(O)COCCCCCCCCCCCCCCCC. The van der Waals surface area contributed by atoms with E-state index in [1.165, 1.54) is 231 Å². The molecule has 0 aliphatic rings. The Morgan fingerprint density at radius 2 is 0.460 bits per heavy atom. The van der Waals surface area contributed by atoms with Crippen molar-refractivity contribution in [3.05, 3.63) is 0 Å². The first kappa shape index (κ1) is 86.5. The first-order valence-corrected chi connectivity index (χ1v) is 37.9. The quantitative estimate of drug-likeness (QED) is 0.0428. The van der Waals surface area contributed by atoms with E-state index >= 15 is 0 Å². The summed E-state index contributed by atoms with van der Waals surface area (Å²) >= 11 is 0. The van der Waals surface area contributed by atoms with E-state index in [1.807, 2.05) is 6.92 Å². The zero-order valence-electron chi connectivity index (χ0n) is 59.0. The first-order chi connectivity index (χ1) is 42.6. The molecule has 13 nitrogen and oxygen atoms in total. The summed E-state index contributed by atoms with van der Waals surface area (Å²) in [7, 11) is 0. The molecule has 0 saturated carbocycles. The fourth-order valence-corrected chi connectivity index (χ4v) is 11.6. The number of aliphatic hydroxyl groups excluding tert-OH is 4. The van der Waals surface area contributed by atoms with E-state index < -0.39 is 24.4 Å². The van der Waals surface area contributed by atoms with Gasteiger partial charge in [0.2, 0.25) is 0 Å². The van der Waals surface area contributed by atoms with Gasteiger partial charge in [-0.3, -0.25) is 9.80 Å². The van der Waals surface area contributed by atoms with E-state index in [0.29, 0.717) is 85.6 Å². The lowest BCUT2D eigenvalue weighted by Crippen LogP contribution is -2.47. The van der Waals surface area contributed by atoms with Crippen LogP contribution in [0.4, 0.5) is 0 Å². The maximum absolute atomic E-state index is 11.2. The Hall–Kier alpha value is -0.520. The molecular formula is C74H152N2O11. The highest BCUT2D eigenvalue weighted by Crippen LogP contribution is 2.17. The second-order valence-corrected chi connectivity index (χ2v) is 26.6. The van der Waals surface area contributed by atoms with Crippen LogP contribution in [0.2, 0.25) is 0 Å². The third-order valence-corrected chi connectivity index (χ3v) is 17.2. The Kier molecular flexibility index (Phi) is 69.4. The number of unbranched alkanes of at least 4 members (excludes halogenated alkanes) is 39. The van der Waals surface area contributed by atoms with Gasteiger partial charge in [0, 0.05) is 64.7 Å². The molecule has 87 heavy (non-hydrogen) atoms. The fraction of sp³-hybridized carbons (Fsp3) is 1.00. The van der Waals surface area contributed by atoms with Crippen molar-refractivity contribution in [2.75, 3.05) is 112 Å². The number of rotatable bonds is 75. The normalized spacial score (nSPS) is 14.6. The maximum atomic E-state index is 11.2. The Bertz CT molecular complexity index is 1250. The van der Waals surface area contributed by atoms with Crippen molar-refractivity contribution in [3.8, 4) is 0 Å². The highest BCUT2D eigenvalue weighted by Gasteiger charge is 2.24. The van der Waals surface area contributed by atoms with Gasteiger partial charge in [0.1, 0.15) is 0 Å². The molecule has 7 atom stereocenters. The fourth-order valence-electron chi connectivity index (χ4n) is 11.6. The van der Waals surface area contributed by atoms with E-state index in [-0.39, 0.29) is 44.6 Å². The Morgan fingerprint density at radius 1 is 0.230 bits per heavy atom. The molecule has 524 valence electrons. The van der Waals surface area contributed by atoms with E-state index in [1.54, 1.807) is 0 Å². The van der Waals surface area contributed by atoms with Gasteiger partial charge in [-0.2, -0.15) is 0 Å². The standard InChI is InChI=1S/C74H152N2O11/c1-8-12-15-18-21-24-27-30-33-36-39-42-45-48-52-82-65-72(78)58-75(59-73(79)66-83-53-49-46-43-40-37-34-31-28-25-22-19-16-13-9-2)68(5)61-85-55-56-87-70(7)63-86-62-69(6)76(57-71(77)64-81-51-11-4)60-74(80)67-84-54-50-47-44-41-38-35-32-29-26-23-20-17-14-10-3/h68-74,77-80H,8-67H2,1-7H3. The van der Waals surface area contributed by atoms with Gasteiger partial charge in [-0.25, -0.2) is 0 Å². The van der Waals surface area contributed by atoms with Crippen LogP contribution in [-0.2, 0) is 33.2 Å². The average Bonchev–Trinajstić information content (AvgIpc) is 3.62. The molecule has 0 amide bonds. The van der Waals surface area contributed by atoms with Crippen LogP contribution < -0.4 is 0 Å². The monoisotopic (exact) mass is 1250 g/mol. The van der Waals surface area contributed by atoms with Gasteiger partial charge in [-0.1, -0.05) is 278 Å². The molecule has 7 unspecified atom stereocenters. The van der Waals surface area contributed by atoms with Crippen LogP contribution in [0.5, 0.6) is 0 Å². The van der Waals surface area contributed by atoms with Crippen molar-refractivity contribution in [2.45, 2.75) is 367 Å². The molecule has 0 aromatic carbocycles. The molecule has 4 N–H and O–H groups in total. The van der Waals surface area contributed by atoms with Crippen molar-refractivity contribution in [2.24, 2.45) is 0 Å². The molecule has 0 aromatic rings. The van der Waals surface area contributed by atoms with Gasteiger partial charge in [-0.15, -0.1) is 0 Å². The zero-order valence-corrected chi connectivity index (χ0v) is 59.0. The lowest BCUT2D eigenvalue weighted by molar-refractivity contribution is -0.0590. The van der Waals surface area contributed by atoms with Gasteiger partial charge < -0.3 is 53.6 Å². The molecule has 0 aliphatic heterocycles. The number of ether oxygens (including phenoxy) is 7. The Morgan fingerprint density at radius 3 is 0.724 bits per heavy atom. The Labute approximate surface area is 540 Å². The summed E-state index contributed by atoms with van der Waals surface area (Å²) < 4.78 is 41.9. The average molecular weight is 1250 g/mol.